The number of carbonyl (C=O) groups excluding carboxylic acids is 1. The number of hydrogen-bond donors (Lipinski definition) is 4. The number of amides is 1. The van der Waals surface area contributed by atoms with Gasteiger partial charge in [-0.05, 0) is 0 Å². The maximum absolute atomic E-state index is 13.7. The van der Waals surface area contributed by atoms with Crippen LogP contribution in [-0.2, 0) is 14.4 Å². The van der Waals surface area contributed by atoms with E-state index < -0.39 is 48.2 Å². The standard InChI is InChI=1S/C8H12BF2N2O5P/c9-6(19)18-13-3-1-4(14)12-8(3,17)7(10,11)2-5(15)16/h3,6,13,17H,1-2,19H2,(H,12,14)(H,15,16). The summed E-state index contributed by atoms with van der Waals surface area (Å²) in [5.74, 6) is -7.72. The Balaban J connectivity index is 2.90. The van der Waals surface area contributed by atoms with Gasteiger partial charge >= 0.3 is 11.9 Å². The lowest BCUT2D eigenvalue weighted by Gasteiger charge is -2.36. The van der Waals surface area contributed by atoms with Gasteiger partial charge in [0.25, 0.3) is 0 Å². The molecule has 0 aromatic heterocycles. The third-order valence-corrected chi connectivity index (χ3v) is 2.64. The monoisotopic (exact) mass is 296 g/mol. The molecule has 4 atom stereocenters. The van der Waals surface area contributed by atoms with Crippen LogP contribution in [0.2, 0.25) is 0 Å². The van der Waals surface area contributed by atoms with Crippen LogP contribution in [0, 0.1) is 0 Å². The highest BCUT2D eigenvalue weighted by Gasteiger charge is 2.63. The molecule has 2 radical (unpaired) electrons. The van der Waals surface area contributed by atoms with Crippen LogP contribution >= 0.6 is 9.24 Å². The summed E-state index contributed by atoms with van der Waals surface area (Å²) in [7, 11) is 7.19. The number of carboxylic acids is 1. The molecule has 4 unspecified atom stereocenters. The van der Waals surface area contributed by atoms with Crippen LogP contribution in [0.1, 0.15) is 12.8 Å². The van der Waals surface area contributed by atoms with E-state index in [0.29, 0.717) is 0 Å². The predicted octanol–water partition coefficient (Wildman–Crippen LogP) is -1.48. The molecule has 0 aromatic rings. The number of hydroxylamine groups is 1. The average molecular weight is 296 g/mol. The van der Waals surface area contributed by atoms with Crippen LogP contribution in [0.25, 0.3) is 0 Å². The van der Waals surface area contributed by atoms with E-state index in [0.717, 1.165) is 0 Å². The number of nitrogens with one attached hydrogen (secondary N) is 2. The lowest BCUT2D eigenvalue weighted by Crippen LogP contribution is -2.65. The largest absolute Gasteiger partial charge is 0.481 e. The number of carboxylic acid groups (broad SMARTS) is 1. The molecule has 0 bridgehead atoms. The highest BCUT2D eigenvalue weighted by Crippen LogP contribution is 2.37. The van der Waals surface area contributed by atoms with Crippen LogP contribution in [0.4, 0.5) is 8.78 Å². The summed E-state index contributed by atoms with van der Waals surface area (Å²) in [6, 6.07) is -1.54. The van der Waals surface area contributed by atoms with Gasteiger partial charge in [-0.3, -0.25) is 9.59 Å². The molecule has 0 aliphatic carbocycles. The van der Waals surface area contributed by atoms with Gasteiger partial charge in [-0.15, -0.1) is 9.24 Å². The van der Waals surface area contributed by atoms with E-state index in [1.54, 1.807) is 5.32 Å². The number of halogens is 2. The van der Waals surface area contributed by atoms with Crippen molar-refractivity contribution >= 4 is 29.0 Å². The highest BCUT2D eigenvalue weighted by molar-refractivity contribution is 7.20. The summed E-state index contributed by atoms with van der Waals surface area (Å²) in [5.41, 5.74) is -1.04. The fraction of sp³-hybridized carbons (Fsp3) is 0.750. The first kappa shape index (κ1) is 16.2. The Morgan fingerprint density at radius 1 is 1.79 bits per heavy atom. The zero-order valence-electron chi connectivity index (χ0n) is 9.60. The van der Waals surface area contributed by atoms with Gasteiger partial charge in [0.1, 0.15) is 14.3 Å². The molecule has 7 nitrogen and oxygen atoms in total. The molecule has 1 saturated heterocycles. The van der Waals surface area contributed by atoms with Crippen LogP contribution in [0.5, 0.6) is 0 Å². The highest BCUT2D eigenvalue weighted by atomic mass is 31.0. The first-order valence-corrected chi connectivity index (χ1v) is 5.80. The number of rotatable bonds is 6. The predicted molar refractivity (Wildman–Crippen MR) is 62.2 cm³/mol. The van der Waals surface area contributed by atoms with Crippen molar-refractivity contribution in [2.45, 2.75) is 36.3 Å². The van der Waals surface area contributed by atoms with Crippen LogP contribution in [0.15, 0.2) is 0 Å². The van der Waals surface area contributed by atoms with Gasteiger partial charge in [0.05, 0.1) is 11.8 Å². The normalized spacial score (nSPS) is 29.1. The van der Waals surface area contributed by atoms with E-state index >= 15 is 0 Å². The third kappa shape index (κ3) is 3.59. The Hall–Kier alpha value is -0.825. The van der Waals surface area contributed by atoms with Crippen molar-refractivity contribution in [2.24, 2.45) is 0 Å². The molecule has 1 aliphatic rings. The second-order valence-corrected chi connectivity index (χ2v) is 4.70. The number of alkyl halides is 2. The molecule has 4 N–H and O–H groups in total. The first-order chi connectivity index (χ1) is 8.58. The minimum Gasteiger partial charge on any atom is -0.481 e. The van der Waals surface area contributed by atoms with Gasteiger partial charge in [0, 0.05) is 6.42 Å². The number of aliphatic carboxylic acids is 1. The van der Waals surface area contributed by atoms with Crippen LogP contribution in [0.3, 0.4) is 0 Å². The van der Waals surface area contributed by atoms with Crippen molar-refractivity contribution in [3.63, 3.8) is 0 Å². The molecule has 0 spiro atoms. The van der Waals surface area contributed by atoms with Gasteiger partial charge in [0.2, 0.25) is 11.6 Å². The second-order valence-electron chi connectivity index (χ2n) is 4.05. The molecule has 0 aromatic carbocycles. The molecule has 1 rings (SSSR count). The minimum atomic E-state index is -4.09. The molecule has 0 saturated carbocycles. The molecular weight excluding hydrogens is 284 g/mol. The van der Waals surface area contributed by atoms with Gasteiger partial charge in [-0.2, -0.15) is 5.48 Å². The molecule has 1 aliphatic heterocycles. The first-order valence-electron chi connectivity index (χ1n) is 5.14. The van der Waals surface area contributed by atoms with Crippen molar-refractivity contribution in [3.05, 3.63) is 0 Å². The van der Waals surface area contributed by atoms with Crippen molar-refractivity contribution in [3.8, 4) is 0 Å². The summed E-state index contributed by atoms with van der Waals surface area (Å²) in [6.45, 7) is 0. The lowest BCUT2D eigenvalue weighted by molar-refractivity contribution is -0.219. The summed E-state index contributed by atoms with van der Waals surface area (Å²) >= 11 is 0. The molecule has 19 heavy (non-hydrogen) atoms. The molecule has 1 fully saturated rings. The second kappa shape index (κ2) is 5.66. The maximum Gasteiger partial charge on any atom is 0.309 e. The number of aliphatic hydroxyl groups is 1. The fourth-order valence-corrected chi connectivity index (χ4v) is 1.72. The topological polar surface area (TPSA) is 108 Å². The third-order valence-electron chi connectivity index (χ3n) is 2.50. The Bertz CT molecular complexity index is 386. The molecule has 11 heteroatoms. The van der Waals surface area contributed by atoms with Gasteiger partial charge in [-0.25, -0.2) is 8.78 Å². The van der Waals surface area contributed by atoms with Crippen molar-refractivity contribution in [2.75, 3.05) is 0 Å². The SMILES string of the molecule is [B]C(P)ONC1CC(=O)NC1(O)C(F)(F)CC(=O)O. The Labute approximate surface area is 110 Å². The molecular formula is C8H12BF2N2O5P. The lowest BCUT2D eigenvalue weighted by atomic mass is 9.96. The van der Waals surface area contributed by atoms with Crippen molar-refractivity contribution in [1.82, 2.24) is 10.8 Å². The van der Waals surface area contributed by atoms with E-state index in [1.807, 2.05) is 14.7 Å². The maximum atomic E-state index is 13.7. The molecule has 1 amide bonds. The van der Waals surface area contributed by atoms with Crippen LogP contribution in [-0.4, -0.2) is 53.4 Å². The van der Waals surface area contributed by atoms with Crippen LogP contribution < -0.4 is 10.8 Å². The quantitative estimate of drug-likeness (QED) is 0.270. The smallest absolute Gasteiger partial charge is 0.309 e. The van der Waals surface area contributed by atoms with E-state index in [9.17, 15) is 23.5 Å². The Morgan fingerprint density at radius 2 is 2.37 bits per heavy atom. The van der Waals surface area contributed by atoms with E-state index in [2.05, 4.69) is 4.84 Å². The zero-order chi connectivity index (χ0) is 14.8. The summed E-state index contributed by atoms with van der Waals surface area (Å²) in [6.07, 6.45) is -2.15. The van der Waals surface area contributed by atoms with Crippen molar-refractivity contribution < 1.29 is 33.4 Å². The average Bonchev–Trinajstić information content (AvgIpc) is 2.50. The fourth-order valence-electron chi connectivity index (χ4n) is 1.64. The Morgan fingerprint density at radius 3 is 2.84 bits per heavy atom. The summed E-state index contributed by atoms with van der Waals surface area (Å²) in [5, 5.41) is 20.0. The van der Waals surface area contributed by atoms with E-state index in [1.165, 1.54) is 0 Å². The number of carbonyl (C=O) groups is 2. The zero-order valence-corrected chi connectivity index (χ0v) is 10.8. The van der Waals surface area contributed by atoms with Crippen molar-refractivity contribution in [1.29, 1.82) is 0 Å². The number of hydrogen-bond acceptors (Lipinski definition) is 5. The van der Waals surface area contributed by atoms with E-state index in [4.69, 9.17) is 13.0 Å². The molecule has 106 valence electrons. The molecule has 1 heterocycles. The van der Waals surface area contributed by atoms with Gasteiger partial charge < -0.3 is 20.4 Å². The van der Waals surface area contributed by atoms with Gasteiger partial charge in [-0.1, -0.05) is 0 Å². The Kier molecular flexibility index (Phi) is 4.84. The van der Waals surface area contributed by atoms with E-state index in [-0.39, 0.29) is 0 Å². The summed E-state index contributed by atoms with van der Waals surface area (Å²) in [4.78, 5) is 26.2. The summed E-state index contributed by atoms with van der Waals surface area (Å²) < 4.78 is 27.5. The van der Waals surface area contributed by atoms with Gasteiger partial charge in [0.15, 0.2) is 0 Å². The minimum absolute atomic E-state index is 0.511.